The van der Waals surface area contributed by atoms with Crippen molar-refractivity contribution < 1.29 is 14.6 Å². The average molecular weight is 231 g/mol. The number of aliphatic hydroxyl groups excluding tert-OH is 1. The van der Waals surface area contributed by atoms with E-state index >= 15 is 0 Å². The van der Waals surface area contributed by atoms with E-state index in [1.807, 2.05) is 0 Å². The van der Waals surface area contributed by atoms with Gasteiger partial charge in [-0.05, 0) is 25.9 Å². The van der Waals surface area contributed by atoms with E-state index in [4.69, 9.17) is 9.47 Å². The minimum absolute atomic E-state index is 0.366. The SMILES string of the molecule is COCCOCC(O)CN1CCCCCC1. The van der Waals surface area contributed by atoms with Gasteiger partial charge in [-0.2, -0.15) is 0 Å². The molecule has 0 saturated carbocycles. The number of rotatable bonds is 7. The third-order valence-electron chi connectivity index (χ3n) is 2.91. The van der Waals surface area contributed by atoms with Gasteiger partial charge in [0, 0.05) is 13.7 Å². The zero-order valence-corrected chi connectivity index (χ0v) is 10.4. The largest absolute Gasteiger partial charge is 0.389 e. The molecular formula is C12H25NO3. The second-order valence-corrected chi connectivity index (χ2v) is 4.44. The molecule has 1 aliphatic rings. The molecule has 0 aromatic carbocycles. The van der Waals surface area contributed by atoms with E-state index < -0.39 is 0 Å². The Morgan fingerprint density at radius 3 is 2.44 bits per heavy atom. The van der Waals surface area contributed by atoms with Crippen molar-refractivity contribution in [1.29, 1.82) is 0 Å². The van der Waals surface area contributed by atoms with Crippen molar-refractivity contribution in [3.05, 3.63) is 0 Å². The van der Waals surface area contributed by atoms with E-state index in [1.54, 1.807) is 7.11 Å². The van der Waals surface area contributed by atoms with Crippen LogP contribution >= 0.6 is 0 Å². The first-order valence-corrected chi connectivity index (χ1v) is 6.30. The molecule has 1 saturated heterocycles. The highest BCUT2D eigenvalue weighted by Gasteiger charge is 2.13. The van der Waals surface area contributed by atoms with Crippen molar-refractivity contribution in [2.75, 3.05) is 46.6 Å². The maximum atomic E-state index is 9.79. The molecule has 1 heterocycles. The Morgan fingerprint density at radius 1 is 1.12 bits per heavy atom. The molecular weight excluding hydrogens is 206 g/mol. The van der Waals surface area contributed by atoms with Crippen LogP contribution in [0.1, 0.15) is 25.7 Å². The van der Waals surface area contributed by atoms with Crippen molar-refractivity contribution in [3.63, 3.8) is 0 Å². The number of hydrogen-bond acceptors (Lipinski definition) is 4. The topological polar surface area (TPSA) is 41.9 Å². The van der Waals surface area contributed by atoms with Crippen LogP contribution in [0.2, 0.25) is 0 Å². The first-order chi connectivity index (χ1) is 7.83. The third kappa shape index (κ3) is 6.43. The maximum absolute atomic E-state index is 9.79. The zero-order chi connectivity index (χ0) is 11.6. The second-order valence-electron chi connectivity index (χ2n) is 4.44. The smallest absolute Gasteiger partial charge is 0.0900 e. The van der Waals surface area contributed by atoms with Gasteiger partial charge in [0.05, 0.1) is 25.9 Å². The molecule has 4 nitrogen and oxygen atoms in total. The first-order valence-electron chi connectivity index (χ1n) is 6.30. The van der Waals surface area contributed by atoms with E-state index in [2.05, 4.69) is 4.90 Å². The van der Waals surface area contributed by atoms with Crippen LogP contribution in [0, 0.1) is 0 Å². The van der Waals surface area contributed by atoms with E-state index in [-0.39, 0.29) is 6.10 Å². The lowest BCUT2D eigenvalue weighted by Crippen LogP contribution is -2.35. The number of aliphatic hydroxyl groups is 1. The molecule has 1 aliphatic heterocycles. The minimum Gasteiger partial charge on any atom is -0.389 e. The highest BCUT2D eigenvalue weighted by atomic mass is 16.5. The van der Waals surface area contributed by atoms with E-state index in [0.29, 0.717) is 19.8 Å². The van der Waals surface area contributed by atoms with Crippen molar-refractivity contribution in [3.8, 4) is 0 Å². The Labute approximate surface area is 98.5 Å². The number of methoxy groups -OCH3 is 1. The highest BCUT2D eigenvalue weighted by molar-refractivity contribution is 4.67. The number of hydrogen-bond donors (Lipinski definition) is 1. The monoisotopic (exact) mass is 231 g/mol. The highest BCUT2D eigenvalue weighted by Crippen LogP contribution is 2.09. The van der Waals surface area contributed by atoms with Crippen LogP contribution in [0.5, 0.6) is 0 Å². The number of β-amino-alcohol motifs (C(OH)–C–C–N with tert-alkyl or cyclic N) is 1. The van der Waals surface area contributed by atoms with Crippen LogP contribution in [0.15, 0.2) is 0 Å². The van der Waals surface area contributed by atoms with E-state index in [9.17, 15) is 5.11 Å². The average Bonchev–Trinajstić information content (AvgIpc) is 2.53. The Morgan fingerprint density at radius 2 is 1.81 bits per heavy atom. The molecule has 0 aliphatic carbocycles. The number of nitrogens with zero attached hydrogens (tertiary/aromatic N) is 1. The lowest BCUT2D eigenvalue weighted by atomic mass is 10.2. The molecule has 0 aromatic heterocycles. The summed E-state index contributed by atoms with van der Waals surface area (Å²) >= 11 is 0. The van der Waals surface area contributed by atoms with Crippen LogP contribution in [0.25, 0.3) is 0 Å². The second kappa shape index (κ2) is 8.93. The van der Waals surface area contributed by atoms with Crippen LogP contribution in [0.3, 0.4) is 0 Å². The normalized spacial score (nSPS) is 20.6. The summed E-state index contributed by atoms with van der Waals surface area (Å²) < 4.78 is 10.2. The summed E-state index contributed by atoms with van der Waals surface area (Å²) in [5, 5.41) is 9.79. The lowest BCUT2D eigenvalue weighted by Gasteiger charge is -2.23. The van der Waals surface area contributed by atoms with Gasteiger partial charge in [-0.3, -0.25) is 0 Å². The molecule has 1 fully saturated rings. The molecule has 0 radical (unpaired) electrons. The first kappa shape index (κ1) is 13.9. The van der Waals surface area contributed by atoms with E-state index in [0.717, 1.165) is 19.6 Å². The molecule has 0 aromatic rings. The van der Waals surface area contributed by atoms with Crippen LogP contribution in [0.4, 0.5) is 0 Å². The van der Waals surface area contributed by atoms with Gasteiger partial charge in [-0.1, -0.05) is 12.8 Å². The van der Waals surface area contributed by atoms with Gasteiger partial charge < -0.3 is 19.5 Å². The van der Waals surface area contributed by atoms with Crippen molar-refractivity contribution in [2.24, 2.45) is 0 Å². The minimum atomic E-state index is -0.366. The number of likely N-dealkylation sites (tertiary alicyclic amines) is 1. The Kier molecular flexibility index (Phi) is 7.76. The summed E-state index contributed by atoms with van der Waals surface area (Å²) in [5.74, 6) is 0. The molecule has 0 spiro atoms. The van der Waals surface area contributed by atoms with Gasteiger partial charge in [0.2, 0.25) is 0 Å². The zero-order valence-electron chi connectivity index (χ0n) is 10.4. The van der Waals surface area contributed by atoms with Crippen molar-refractivity contribution >= 4 is 0 Å². The molecule has 4 heteroatoms. The van der Waals surface area contributed by atoms with Gasteiger partial charge in [-0.25, -0.2) is 0 Å². The van der Waals surface area contributed by atoms with E-state index in [1.165, 1.54) is 25.7 Å². The third-order valence-corrected chi connectivity index (χ3v) is 2.91. The summed E-state index contributed by atoms with van der Waals surface area (Å²) in [6, 6.07) is 0. The van der Waals surface area contributed by atoms with Crippen LogP contribution < -0.4 is 0 Å². The van der Waals surface area contributed by atoms with Gasteiger partial charge >= 0.3 is 0 Å². The fraction of sp³-hybridized carbons (Fsp3) is 1.00. The summed E-state index contributed by atoms with van der Waals surface area (Å²) in [5.41, 5.74) is 0. The van der Waals surface area contributed by atoms with Gasteiger partial charge in [0.15, 0.2) is 0 Å². The predicted octanol–water partition coefficient (Wildman–Crippen LogP) is 0.886. The van der Waals surface area contributed by atoms with Crippen molar-refractivity contribution in [1.82, 2.24) is 4.90 Å². The lowest BCUT2D eigenvalue weighted by molar-refractivity contribution is -0.000116. The number of ether oxygens (including phenoxy) is 2. The summed E-state index contributed by atoms with van der Waals surface area (Å²) in [4.78, 5) is 2.34. The summed E-state index contributed by atoms with van der Waals surface area (Å²) in [6.45, 7) is 4.56. The summed E-state index contributed by atoms with van der Waals surface area (Å²) in [6.07, 6.45) is 4.82. The molecule has 0 amide bonds. The Bertz CT molecular complexity index is 158. The van der Waals surface area contributed by atoms with Gasteiger partial charge in [-0.15, -0.1) is 0 Å². The molecule has 96 valence electrons. The Balaban J connectivity index is 2.04. The summed E-state index contributed by atoms with van der Waals surface area (Å²) in [7, 11) is 1.65. The van der Waals surface area contributed by atoms with Crippen LogP contribution in [-0.2, 0) is 9.47 Å². The maximum Gasteiger partial charge on any atom is 0.0900 e. The fourth-order valence-corrected chi connectivity index (χ4v) is 2.03. The Hall–Kier alpha value is -0.160. The van der Waals surface area contributed by atoms with Crippen LogP contribution in [-0.4, -0.2) is 62.7 Å². The van der Waals surface area contributed by atoms with Crippen molar-refractivity contribution in [2.45, 2.75) is 31.8 Å². The molecule has 1 rings (SSSR count). The fourth-order valence-electron chi connectivity index (χ4n) is 2.03. The molecule has 1 unspecified atom stereocenters. The quantitative estimate of drug-likeness (QED) is 0.661. The molecule has 16 heavy (non-hydrogen) atoms. The molecule has 1 atom stereocenters. The molecule has 0 bridgehead atoms. The predicted molar refractivity (Wildman–Crippen MR) is 63.6 cm³/mol. The van der Waals surface area contributed by atoms with Gasteiger partial charge in [0.1, 0.15) is 0 Å². The molecule has 1 N–H and O–H groups in total. The van der Waals surface area contributed by atoms with Gasteiger partial charge in [0.25, 0.3) is 0 Å². The standard InChI is InChI=1S/C12H25NO3/c1-15-8-9-16-11-12(14)10-13-6-4-2-3-5-7-13/h12,14H,2-11H2,1H3.